The van der Waals surface area contributed by atoms with E-state index >= 15 is 0 Å². The number of carbonyl (C=O) groups excluding carboxylic acids is 1. The third kappa shape index (κ3) is 6.01. The van der Waals surface area contributed by atoms with Gasteiger partial charge < -0.3 is 20.3 Å². The van der Waals surface area contributed by atoms with Gasteiger partial charge in [-0.15, -0.1) is 0 Å². The van der Waals surface area contributed by atoms with Gasteiger partial charge in [-0.2, -0.15) is 0 Å². The molecule has 1 heterocycles. The highest BCUT2D eigenvalue weighted by Gasteiger charge is 2.24. The minimum absolute atomic E-state index is 0.0705. The van der Waals surface area contributed by atoms with E-state index in [2.05, 4.69) is 15.3 Å². The average Bonchev–Trinajstić information content (AvgIpc) is 2.33. The molecule has 0 aliphatic carbocycles. The molecule has 0 aromatic carbocycles. The Morgan fingerprint density at radius 2 is 2.05 bits per heavy atom. The van der Waals surface area contributed by atoms with Crippen molar-refractivity contribution in [1.29, 1.82) is 0 Å². The number of hydrogen-bond acceptors (Lipinski definition) is 6. The summed E-state index contributed by atoms with van der Waals surface area (Å²) in [4.78, 5) is 18.8. The molecule has 0 bridgehead atoms. The molecular weight excluding hydrogens is 321 g/mol. The number of ether oxygens (including phenoxy) is 1. The summed E-state index contributed by atoms with van der Waals surface area (Å²) in [6.07, 6.45) is -2.17. The van der Waals surface area contributed by atoms with Gasteiger partial charge in [0.05, 0.1) is 0 Å². The first kappa shape index (κ1) is 17.9. The Kier molecular flexibility index (Phi) is 6.15. The van der Waals surface area contributed by atoms with Gasteiger partial charge in [-0.05, 0) is 32.4 Å². The van der Waals surface area contributed by atoms with Crippen LogP contribution >= 0.6 is 23.2 Å². The molecule has 1 amide bonds. The zero-order valence-electron chi connectivity index (χ0n) is 11.8. The number of amides is 1. The van der Waals surface area contributed by atoms with E-state index in [1.807, 2.05) is 0 Å². The Bertz CT molecular complexity index is 508. The van der Waals surface area contributed by atoms with Crippen molar-refractivity contribution in [2.75, 3.05) is 6.54 Å². The van der Waals surface area contributed by atoms with Crippen LogP contribution in [-0.2, 0) is 4.74 Å². The van der Waals surface area contributed by atoms with E-state index in [1.165, 1.54) is 6.20 Å². The lowest BCUT2D eigenvalue weighted by molar-refractivity contribution is 0.0127. The number of alkyl carbamates (subject to hydrolysis) is 1. The molecule has 9 heteroatoms. The molecule has 0 aliphatic rings. The molecule has 3 N–H and O–H groups in total. The Morgan fingerprint density at radius 3 is 2.57 bits per heavy atom. The summed E-state index contributed by atoms with van der Waals surface area (Å²) in [7, 11) is 0. The minimum Gasteiger partial charge on any atom is -0.444 e. The summed E-state index contributed by atoms with van der Waals surface area (Å²) in [5.74, 6) is 0. The number of hydrogen-bond donors (Lipinski definition) is 3. The smallest absolute Gasteiger partial charge is 0.407 e. The van der Waals surface area contributed by atoms with Crippen LogP contribution in [-0.4, -0.2) is 44.5 Å². The van der Waals surface area contributed by atoms with E-state index in [0.29, 0.717) is 0 Å². The van der Waals surface area contributed by atoms with Gasteiger partial charge >= 0.3 is 6.09 Å². The molecule has 118 valence electrons. The van der Waals surface area contributed by atoms with E-state index < -0.39 is 23.9 Å². The molecule has 1 aromatic heterocycles. The number of halogens is 2. The number of nitrogens with one attached hydrogen (secondary N) is 1. The van der Waals surface area contributed by atoms with Crippen LogP contribution in [0.3, 0.4) is 0 Å². The first-order chi connectivity index (χ1) is 9.60. The molecule has 0 saturated heterocycles. The number of rotatable bonds is 4. The van der Waals surface area contributed by atoms with Gasteiger partial charge in [0.2, 0.25) is 5.28 Å². The van der Waals surface area contributed by atoms with Crippen molar-refractivity contribution in [1.82, 2.24) is 15.3 Å². The van der Waals surface area contributed by atoms with Crippen LogP contribution in [0.25, 0.3) is 0 Å². The fraction of sp³-hybridized carbons (Fsp3) is 0.583. The fourth-order valence-corrected chi connectivity index (χ4v) is 1.79. The van der Waals surface area contributed by atoms with Gasteiger partial charge in [0.25, 0.3) is 0 Å². The molecule has 0 saturated carbocycles. The van der Waals surface area contributed by atoms with E-state index in [-0.39, 0.29) is 22.5 Å². The van der Waals surface area contributed by atoms with Crippen LogP contribution in [0.1, 0.15) is 32.4 Å². The van der Waals surface area contributed by atoms with Crippen LogP contribution < -0.4 is 5.32 Å². The molecule has 2 atom stereocenters. The summed E-state index contributed by atoms with van der Waals surface area (Å²) in [5.41, 5.74) is -0.541. The van der Waals surface area contributed by atoms with Gasteiger partial charge in [0.15, 0.2) is 0 Å². The SMILES string of the molecule is CC(C)(C)OC(=O)NCC(O)C(O)c1cnc(Cl)nc1Cl. The maximum Gasteiger partial charge on any atom is 0.407 e. The quantitative estimate of drug-likeness (QED) is 0.570. The minimum atomic E-state index is -1.37. The molecular formula is C12H17Cl2N3O4. The van der Waals surface area contributed by atoms with Crippen molar-refractivity contribution in [2.45, 2.75) is 38.6 Å². The third-order valence-corrected chi connectivity index (χ3v) is 2.76. The second-order valence-electron chi connectivity index (χ2n) is 5.28. The highest BCUT2D eigenvalue weighted by atomic mass is 35.5. The number of nitrogens with zero attached hydrogens (tertiary/aromatic N) is 2. The molecule has 0 fully saturated rings. The summed E-state index contributed by atoms with van der Waals surface area (Å²) in [6.45, 7) is 4.91. The van der Waals surface area contributed by atoms with Crippen molar-refractivity contribution >= 4 is 29.3 Å². The Balaban J connectivity index is 2.59. The van der Waals surface area contributed by atoms with E-state index in [4.69, 9.17) is 27.9 Å². The van der Waals surface area contributed by atoms with Crippen LogP contribution in [0, 0.1) is 0 Å². The summed E-state index contributed by atoms with van der Waals surface area (Å²) in [6, 6.07) is 0. The molecule has 1 rings (SSSR count). The molecule has 2 unspecified atom stereocenters. The second-order valence-corrected chi connectivity index (χ2v) is 5.98. The zero-order valence-corrected chi connectivity index (χ0v) is 13.3. The van der Waals surface area contributed by atoms with Crippen molar-refractivity contribution in [3.8, 4) is 0 Å². The lowest BCUT2D eigenvalue weighted by atomic mass is 10.1. The predicted octanol–water partition coefficient (Wildman–Crippen LogP) is 1.70. The zero-order chi connectivity index (χ0) is 16.2. The number of aliphatic hydroxyl groups excluding tert-OH is 2. The maximum atomic E-state index is 11.4. The second kappa shape index (κ2) is 7.22. The summed E-state index contributed by atoms with van der Waals surface area (Å²) >= 11 is 11.3. The van der Waals surface area contributed by atoms with Crippen LogP contribution in [0.4, 0.5) is 4.79 Å². The van der Waals surface area contributed by atoms with E-state index in [1.54, 1.807) is 20.8 Å². The molecule has 7 nitrogen and oxygen atoms in total. The molecule has 21 heavy (non-hydrogen) atoms. The lowest BCUT2D eigenvalue weighted by Crippen LogP contribution is -2.39. The highest BCUT2D eigenvalue weighted by Crippen LogP contribution is 2.23. The Labute approximate surface area is 132 Å². The van der Waals surface area contributed by atoms with Crippen molar-refractivity contribution < 1.29 is 19.7 Å². The number of carbonyl (C=O) groups is 1. The largest absolute Gasteiger partial charge is 0.444 e. The molecule has 1 aromatic rings. The van der Waals surface area contributed by atoms with Gasteiger partial charge in [0.1, 0.15) is 23.0 Å². The predicted molar refractivity (Wildman–Crippen MR) is 77.3 cm³/mol. The number of aromatic nitrogens is 2. The summed E-state index contributed by atoms with van der Waals surface area (Å²) in [5, 5.41) is 22.0. The molecule has 0 spiro atoms. The van der Waals surface area contributed by atoms with Crippen molar-refractivity contribution in [2.24, 2.45) is 0 Å². The van der Waals surface area contributed by atoms with Crippen molar-refractivity contribution in [3.63, 3.8) is 0 Å². The van der Waals surface area contributed by atoms with Crippen LogP contribution in [0.5, 0.6) is 0 Å². The fourth-order valence-electron chi connectivity index (χ4n) is 1.37. The summed E-state index contributed by atoms with van der Waals surface area (Å²) < 4.78 is 5.00. The first-order valence-electron chi connectivity index (χ1n) is 6.11. The number of aliphatic hydroxyl groups is 2. The van der Waals surface area contributed by atoms with Gasteiger partial charge in [-0.1, -0.05) is 11.6 Å². The third-order valence-electron chi connectivity index (χ3n) is 2.28. The molecule has 0 aliphatic heterocycles. The van der Waals surface area contributed by atoms with Crippen molar-refractivity contribution in [3.05, 3.63) is 22.2 Å². The lowest BCUT2D eigenvalue weighted by Gasteiger charge is -2.22. The first-order valence-corrected chi connectivity index (χ1v) is 6.86. The van der Waals surface area contributed by atoms with Crippen LogP contribution in [0.2, 0.25) is 10.4 Å². The molecule has 0 radical (unpaired) electrons. The van der Waals surface area contributed by atoms with Gasteiger partial charge in [-0.25, -0.2) is 14.8 Å². The Hall–Kier alpha value is -1.15. The standard InChI is InChI=1S/C12H17Cl2N3O4/c1-12(2,3)21-11(20)16-5-7(18)8(19)6-4-15-10(14)17-9(6)13/h4,7-8,18-19H,5H2,1-3H3,(H,16,20). The monoisotopic (exact) mass is 337 g/mol. The van der Waals surface area contributed by atoms with Gasteiger partial charge in [0, 0.05) is 18.3 Å². The van der Waals surface area contributed by atoms with E-state index in [0.717, 1.165) is 0 Å². The van der Waals surface area contributed by atoms with Crippen LogP contribution in [0.15, 0.2) is 6.20 Å². The van der Waals surface area contributed by atoms with Gasteiger partial charge in [-0.3, -0.25) is 0 Å². The average molecular weight is 338 g/mol. The highest BCUT2D eigenvalue weighted by molar-refractivity contribution is 6.32. The normalized spacial score (nSPS) is 14.4. The maximum absolute atomic E-state index is 11.4. The Morgan fingerprint density at radius 1 is 1.43 bits per heavy atom. The van der Waals surface area contributed by atoms with E-state index in [9.17, 15) is 15.0 Å². The topological polar surface area (TPSA) is 105 Å².